The van der Waals surface area contributed by atoms with Crippen LogP contribution in [-0.2, 0) is 14.3 Å². The predicted octanol–water partition coefficient (Wildman–Crippen LogP) is 2.09. The number of fused-ring (bicyclic) bond motifs is 1. The van der Waals surface area contributed by atoms with Gasteiger partial charge < -0.3 is 25.2 Å². The van der Waals surface area contributed by atoms with E-state index in [0.717, 1.165) is 37.6 Å². The van der Waals surface area contributed by atoms with Crippen molar-refractivity contribution in [1.82, 2.24) is 9.80 Å². The number of methoxy groups -OCH3 is 1. The topological polar surface area (TPSA) is 94.2 Å². The molecule has 0 spiro atoms. The number of likely N-dealkylation sites (N-methyl/N-ethyl adjacent to an activating group) is 2. The van der Waals surface area contributed by atoms with Gasteiger partial charge in [0.05, 0.1) is 24.8 Å². The summed E-state index contributed by atoms with van der Waals surface area (Å²) < 4.78 is 4.73. The molecule has 2 aliphatic heterocycles. The van der Waals surface area contributed by atoms with Crippen molar-refractivity contribution in [2.45, 2.75) is 0 Å². The molecule has 0 radical (unpaired) electrons. The van der Waals surface area contributed by atoms with E-state index in [9.17, 15) is 14.4 Å². The van der Waals surface area contributed by atoms with Gasteiger partial charge in [-0.05, 0) is 43.4 Å². The summed E-state index contributed by atoms with van der Waals surface area (Å²) in [6.07, 6.45) is 1.64. The number of amides is 2. The van der Waals surface area contributed by atoms with Crippen molar-refractivity contribution in [3.63, 3.8) is 0 Å². The van der Waals surface area contributed by atoms with Gasteiger partial charge in [-0.1, -0.05) is 6.07 Å². The maximum Gasteiger partial charge on any atom is 0.337 e. The van der Waals surface area contributed by atoms with Gasteiger partial charge in [0.15, 0.2) is 0 Å². The van der Waals surface area contributed by atoms with Gasteiger partial charge >= 0.3 is 5.97 Å². The van der Waals surface area contributed by atoms with Crippen molar-refractivity contribution in [3.05, 3.63) is 59.8 Å². The molecule has 1 fully saturated rings. The number of benzene rings is 2. The van der Waals surface area contributed by atoms with Gasteiger partial charge in [0.1, 0.15) is 0 Å². The van der Waals surface area contributed by atoms with Crippen molar-refractivity contribution in [2.24, 2.45) is 0 Å². The zero-order valence-corrected chi connectivity index (χ0v) is 19.6. The second kappa shape index (κ2) is 10.1. The molecule has 0 bridgehead atoms. The molecule has 2 aromatic rings. The molecule has 0 saturated carbocycles. The summed E-state index contributed by atoms with van der Waals surface area (Å²) in [7, 11) is 5.19. The predicted molar refractivity (Wildman–Crippen MR) is 132 cm³/mol. The molecule has 0 aliphatic carbocycles. The molecule has 0 aromatic heterocycles. The van der Waals surface area contributed by atoms with Gasteiger partial charge in [-0.2, -0.15) is 0 Å². The van der Waals surface area contributed by atoms with Gasteiger partial charge in [0, 0.05) is 62.1 Å². The molecule has 34 heavy (non-hydrogen) atoms. The van der Waals surface area contributed by atoms with E-state index >= 15 is 0 Å². The maximum absolute atomic E-state index is 12.7. The van der Waals surface area contributed by atoms with E-state index in [1.54, 1.807) is 36.3 Å². The van der Waals surface area contributed by atoms with Crippen LogP contribution in [0.25, 0.3) is 5.57 Å². The van der Waals surface area contributed by atoms with Crippen molar-refractivity contribution >= 4 is 40.4 Å². The lowest BCUT2D eigenvalue weighted by Gasteiger charge is -2.32. The number of nitrogens with zero attached hydrogens (tertiary/aromatic N) is 3. The van der Waals surface area contributed by atoms with Gasteiger partial charge in [0.25, 0.3) is 5.91 Å². The number of esters is 1. The van der Waals surface area contributed by atoms with E-state index in [2.05, 4.69) is 27.5 Å². The molecule has 9 heteroatoms. The highest BCUT2D eigenvalue weighted by Gasteiger charge is 2.25. The van der Waals surface area contributed by atoms with Crippen LogP contribution < -0.4 is 15.5 Å². The molecular weight excluding hydrogens is 434 g/mol. The third-order valence-corrected chi connectivity index (χ3v) is 6.19. The fourth-order valence-electron chi connectivity index (χ4n) is 3.97. The zero-order chi connectivity index (χ0) is 24.2. The number of rotatable bonds is 6. The van der Waals surface area contributed by atoms with E-state index in [1.165, 1.54) is 7.11 Å². The van der Waals surface area contributed by atoms with Crippen LogP contribution >= 0.6 is 0 Å². The van der Waals surface area contributed by atoms with Gasteiger partial charge in [-0.15, -0.1) is 0 Å². The second-order valence-electron chi connectivity index (χ2n) is 8.49. The van der Waals surface area contributed by atoms with Crippen molar-refractivity contribution < 1.29 is 19.1 Å². The number of piperazine rings is 1. The summed E-state index contributed by atoms with van der Waals surface area (Å²) in [6, 6.07) is 12.4. The Morgan fingerprint density at radius 3 is 2.50 bits per heavy atom. The summed E-state index contributed by atoms with van der Waals surface area (Å²) in [4.78, 5) is 42.9. The number of carbonyl (C=O) groups excluding carboxylic acids is 3. The molecule has 2 aromatic carbocycles. The van der Waals surface area contributed by atoms with Crippen molar-refractivity contribution in [2.75, 3.05) is 69.5 Å². The maximum atomic E-state index is 12.7. The Labute approximate surface area is 199 Å². The van der Waals surface area contributed by atoms with Crippen LogP contribution in [0.5, 0.6) is 0 Å². The minimum atomic E-state index is -0.459. The van der Waals surface area contributed by atoms with Crippen LogP contribution in [0.3, 0.4) is 0 Å². The molecule has 0 atom stereocenters. The fourth-order valence-corrected chi connectivity index (χ4v) is 3.97. The Bertz CT molecular complexity index is 1120. The molecule has 9 nitrogen and oxygen atoms in total. The van der Waals surface area contributed by atoms with Crippen molar-refractivity contribution in [3.8, 4) is 0 Å². The molecule has 2 amide bonds. The summed E-state index contributed by atoms with van der Waals surface area (Å²) in [5, 5.41) is 5.91. The first-order chi connectivity index (χ1) is 16.4. The highest BCUT2D eigenvalue weighted by atomic mass is 16.5. The standard InChI is InChI=1S/C25H29N5O4/c1-28-10-12-30(13-11-28)16-23(31)29(2)19-7-5-18(6-8-19)26-15-21-20-9-4-17(25(33)34-3)14-22(20)27-24(21)32/h4-9,14-15,26H,10-13,16H2,1-3H3,(H,27,32). The van der Waals surface area contributed by atoms with E-state index in [0.29, 0.717) is 28.9 Å². The van der Waals surface area contributed by atoms with Crippen LogP contribution in [0.4, 0.5) is 17.1 Å². The molecular formula is C25H29N5O4. The van der Waals surface area contributed by atoms with Crippen LogP contribution in [0.15, 0.2) is 48.7 Å². The van der Waals surface area contributed by atoms with E-state index < -0.39 is 5.97 Å². The van der Waals surface area contributed by atoms with Gasteiger partial charge in [-0.25, -0.2) is 4.79 Å². The van der Waals surface area contributed by atoms with E-state index in [4.69, 9.17) is 4.74 Å². The Morgan fingerprint density at radius 1 is 1.12 bits per heavy atom. The lowest BCUT2D eigenvalue weighted by atomic mass is 10.1. The van der Waals surface area contributed by atoms with E-state index in [1.807, 2.05) is 24.3 Å². The Hall–Kier alpha value is -3.69. The number of ether oxygens (including phenoxy) is 1. The van der Waals surface area contributed by atoms with Gasteiger partial charge in [0.2, 0.25) is 5.91 Å². The molecule has 4 rings (SSSR count). The average molecular weight is 464 g/mol. The lowest BCUT2D eigenvalue weighted by Crippen LogP contribution is -2.48. The summed E-state index contributed by atoms with van der Waals surface area (Å²) >= 11 is 0. The number of nitrogens with one attached hydrogen (secondary N) is 2. The summed E-state index contributed by atoms with van der Waals surface area (Å²) in [5.74, 6) is -0.659. The van der Waals surface area contributed by atoms with Crippen LogP contribution in [0.2, 0.25) is 0 Å². The zero-order valence-electron chi connectivity index (χ0n) is 19.6. The normalized spacial score (nSPS) is 17.3. The number of anilines is 3. The van der Waals surface area contributed by atoms with Crippen LogP contribution in [0.1, 0.15) is 15.9 Å². The fraction of sp³-hybridized carbons (Fsp3) is 0.320. The number of hydrogen-bond donors (Lipinski definition) is 2. The minimum absolute atomic E-state index is 0.0536. The van der Waals surface area contributed by atoms with Crippen LogP contribution in [-0.4, -0.2) is 81.5 Å². The first-order valence-electron chi connectivity index (χ1n) is 11.1. The lowest BCUT2D eigenvalue weighted by molar-refractivity contribution is -0.119. The average Bonchev–Trinajstić information content (AvgIpc) is 3.17. The molecule has 178 valence electrons. The smallest absolute Gasteiger partial charge is 0.337 e. The second-order valence-corrected chi connectivity index (χ2v) is 8.49. The Morgan fingerprint density at radius 2 is 1.82 bits per heavy atom. The molecule has 1 saturated heterocycles. The number of carbonyl (C=O) groups is 3. The molecule has 2 N–H and O–H groups in total. The SMILES string of the molecule is COC(=O)c1ccc2c(c1)NC(=O)C2=CNc1ccc(N(C)C(=O)CN2CCN(C)CC2)cc1. The highest BCUT2D eigenvalue weighted by Crippen LogP contribution is 2.32. The largest absolute Gasteiger partial charge is 0.465 e. The Balaban J connectivity index is 1.39. The minimum Gasteiger partial charge on any atom is -0.465 e. The summed E-state index contributed by atoms with van der Waals surface area (Å²) in [5.41, 5.74) is 3.70. The highest BCUT2D eigenvalue weighted by molar-refractivity contribution is 6.32. The Kier molecular flexibility index (Phi) is 6.95. The van der Waals surface area contributed by atoms with Crippen molar-refractivity contribution in [1.29, 1.82) is 0 Å². The molecule has 0 unspecified atom stereocenters. The third-order valence-electron chi connectivity index (χ3n) is 6.19. The van der Waals surface area contributed by atoms with Crippen LogP contribution in [0, 0.1) is 0 Å². The molecule has 2 heterocycles. The van der Waals surface area contributed by atoms with E-state index in [-0.39, 0.29) is 11.8 Å². The molecule has 2 aliphatic rings. The number of hydrogen-bond acceptors (Lipinski definition) is 7. The van der Waals surface area contributed by atoms with Gasteiger partial charge in [-0.3, -0.25) is 14.5 Å². The quantitative estimate of drug-likeness (QED) is 0.500. The first-order valence-corrected chi connectivity index (χ1v) is 11.1. The third kappa shape index (κ3) is 5.11. The first kappa shape index (κ1) is 23.5. The summed E-state index contributed by atoms with van der Waals surface area (Å²) in [6.45, 7) is 4.15. The monoisotopic (exact) mass is 463 g/mol.